The summed E-state index contributed by atoms with van der Waals surface area (Å²) in [5.41, 5.74) is 2.94. The number of aromatic nitrogens is 2. The van der Waals surface area contributed by atoms with E-state index in [0.717, 1.165) is 48.6 Å². The van der Waals surface area contributed by atoms with Crippen molar-refractivity contribution in [2.75, 3.05) is 19.8 Å². The van der Waals surface area contributed by atoms with Crippen LogP contribution in [0.5, 0.6) is 17.4 Å². The molecule has 4 rings (SSSR count). The summed E-state index contributed by atoms with van der Waals surface area (Å²) in [7, 11) is 0. The van der Waals surface area contributed by atoms with Crippen LogP contribution in [0.25, 0.3) is 10.6 Å². The van der Waals surface area contributed by atoms with Crippen molar-refractivity contribution in [2.45, 2.75) is 45.6 Å². The Morgan fingerprint density at radius 1 is 0.949 bits per heavy atom. The molecule has 0 atom stereocenters. The Morgan fingerprint density at radius 3 is 2.62 bits per heavy atom. The molecule has 0 saturated heterocycles. The van der Waals surface area contributed by atoms with E-state index in [2.05, 4.69) is 34.6 Å². The molecule has 4 aromatic rings. The van der Waals surface area contributed by atoms with Gasteiger partial charge in [0.1, 0.15) is 5.01 Å². The maximum Gasteiger partial charge on any atom is 0.306 e. The highest BCUT2D eigenvalue weighted by atomic mass is 32.1. The molecule has 0 bridgehead atoms. The van der Waals surface area contributed by atoms with Gasteiger partial charge >= 0.3 is 5.97 Å². The monoisotopic (exact) mass is 545 g/mol. The van der Waals surface area contributed by atoms with Gasteiger partial charge in [-0.3, -0.25) is 4.79 Å². The van der Waals surface area contributed by atoms with E-state index in [1.165, 1.54) is 16.9 Å². The molecule has 0 aliphatic rings. The van der Waals surface area contributed by atoms with Crippen LogP contribution in [0.2, 0.25) is 0 Å². The summed E-state index contributed by atoms with van der Waals surface area (Å²) >= 11 is 1.50. The molecular formula is C31H35N3O4S. The van der Waals surface area contributed by atoms with Gasteiger partial charge in [0.25, 0.3) is 0 Å². The summed E-state index contributed by atoms with van der Waals surface area (Å²) in [4.78, 5) is 20.9. The van der Waals surface area contributed by atoms with Crippen LogP contribution in [0.1, 0.15) is 43.9 Å². The molecule has 39 heavy (non-hydrogen) atoms. The second-order valence-electron chi connectivity index (χ2n) is 8.93. The molecule has 0 fully saturated rings. The quantitative estimate of drug-likeness (QED) is 0.122. The molecule has 0 spiro atoms. The van der Waals surface area contributed by atoms with Crippen molar-refractivity contribution in [1.29, 1.82) is 0 Å². The van der Waals surface area contributed by atoms with E-state index in [0.29, 0.717) is 43.4 Å². The Labute approximate surface area is 234 Å². The van der Waals surface area contributed by atoms with E-state index in [1.807, 2.05) is 47.8 Å². The average Bonchev–Trinajstić information content (AvgIpc) is 3.44. The lowest BCUT2D eigenvalue weighted by molar-refractivity contribution is -0.143. The third-order valence-electron chi connectivity index (χ3n) is 5.93. The van der Waals surface area contributed by atoms with Crippen LogP contribution in [0.4, 0.5) is 0 Å². The first kappa shape index (κ1) is 28.3. The first-order valence-electron chi connectivity index (χ1n) is 13.4. The third kappa shape index (κ3) is 9.19. The van der Waals surface area contributed by atoms with Crippen LogP contribution in [-0.4, -0.2) is 35.7 Å². The molecule has 2 heterocycles. The number of esters is 1. The van der Waals surface area contributed by atoms with E-state index in [-0.39, 0.29) is 5.97 Å². The second-order valence-corrected chi connectivity index (χ2v) is 9.78. The maximum absolute atomic E-state index is 11.7. The molecule has 0 amide bonds. The van der Waals surface area contributed by atoms with E-state index in [1.54, 1.807) is 13.1 Å². The van der Waals surface area contributed by atoms with Crippen molar-refractivity contribution >= 4 is 17.3 Å². The van der Waals surface area contributed by atoms with E-state index < -0.39 is 0 Å². The second kappa shape index (κ2) is 15.6. The van der Waals surface area contributed by atoms with Crippen molar-refractivity contribution in [3.8, 4) is 28.0 Å². The highest BCUT2D eigenvalue weighted by Crippen LogP contribution is 2.36. The van der Waals surface area contributed by atoms with Gasteiger partial charge in [-0.1, -0.05) is 42.5 Å². The lowest BCUT2D eigenvalue weighted by atomic mass is 10.2. The number of hydrogen-bond donors (Lipinski definition) is 1. The number of rotatable bonds is 16. The van der Waals surface area contributed by atoms with Crippen molar-refractivity contribution in [3.05, 3.63) is 89.6 Å². The van der Waals surface area contributed by atoms with Gasteiger partial charge in [0.15, 0.2) is 11.5 Å². The fourth-order valence-corrected chi connectivity index (χ4v) is 4.81. The fourth-order valence-electron chi connectivity index (χ4n) is 3.94. The van der Waals surface area contributed by atoms with Crippen LogP contribution in [0.3, 0.4) is 0 Å². The minimum absolute atomic E-state index is 0.214. The van der Waals surface area contributed by atoms with Gasteiger partial charge in [0.2, 0.25) is 5.88 Å². The molecule has 2 aromatic heterocycles. The topological polar surface area (TPSA) is 82.6 Å². The van der Waals surface area contributed by atoms with E-state index in [4.69, 9.17) is 19.2 Å². The first-order valence-corrected chi connectivity index (χ1v) is 14.3. The number of pyridine rings is 1. The van der Waals surface area contributed by atoms with Crippen LogP contribution in [0.15, 0.2) is 78.3 Å². The number of carbonyl (C=O) groups excluding carboxylic acids is 1. The lowest BCUT2D eigenvalue weighted by Crippen LogP contribution is -2.14. The zero-order valence-electron chi connectivity index (χ0n) is 22.3. The summed E-state index contributed by atoms with van der Waals surface area (Å²) in [6.45, 7) is 4.69. The first-order chi connectivity index (χ1) is 19.2. The summed E-state index contributed by atoms with van der Waals surface area (Å²) < 4.78 is 17.3. The molecule has 1 N–H and O–H groups in total. The molecular weight excluding hydrogens is 510 g/mol. The number of nitrogens with zero attached hydrogens (tertiary/aromatic N) is 2. The molecule has 0 aliphatic carbocycles. The predicted molar refractivity (Wildman–Crippen MR) is 154 cm³/mol. The van der Waals surface area contributed by atoms with Crippen LogP contribution in [-0.2, 0) is 22.5 Å². The summed E-state index contributed by atoms with van der Waals surface area (Å²) in [5, 5.41) is 6.24. The number of aryl methyl sites for hydroxylation is 1. The lowest BCUT2D eigenvalue weighted by Gasteiger charge is -2.13. The van der Waals surface area contributed by atoms with Gasteiger partial charge in [0, 0.05) is 24.5 Å². The van der Waals surface area contributed by atoms with Crippen molar-refractivity contribution in [1.82, 2.24) is 15.3 Å². The molecule has 0 radical (unpaired) electrons. The zero-order chi connectivity index (χ0) is 27.1. The predicted octanol–water partition coefficient (Wildman–Crippen LogP) is 6.83. The van der Waals surface area contributed by atoms with Crippen molar-refractivity contribution < 1.29 is 19.0 Å². The average molecular weight is 546 g/mol. The maximum atomic E-state index is 11.7. The fraction of sp³-hybridized carbons (Fsp3) is 0.323. The molecule has 2 aromatic carbocycles. The highest BCUT2D eigenvalue weighted by Gasteiger charge is 2.15. The Hall–Kier alpha value is -3.75. The summed E-state index contributed by atoms with van der Waals surface area (Å²) in [5.74, 6) is 1.55. The Balaban J connectivity index is 1.27. The van der Waals surface area contributed by atoms with Gasteiger partial charge in [0.05, 0.1) is 30.9 Å². The molecule has 7 nitrogen and oxygen atoms in total. The largest absolute Gasteiger partial charge is 0.490 e. The minimum Gasteiger partial charge on any atom is -0.490 e. The van der Waals surface area contributed by atoms with E-state index in [9.17, 15) is 4.79 Å². The number of benzene rings is 2. The molecule has 8 heteroatoms. The minimum atomic E-state index is -0.214. The number of ether oxygens (including phenoxy) is 3. The molecule has 204 valence electrons. The third-order valence-corrected chi connectivity index (χ3v) is 6.85. The Morgan fingerprint density at radius 2 is 1.77 bits per heavy atom. The SMILES string of the molecule is CCOC(=O)CCc1csc(-c2cccnc2Oc2ccccc2OCCCCCNCc2ccccc2)n1. The van der Waals surface area contributed by atoms with Crippen molar-refractivity contribution in [2.24, 2.45) is 0 Å². The molecule has 0 aliphatic heterocycles. The van der Waals surface area contributed by atoms with Gasteiger partial charge in [-0.25, -0.2) is 9.97 Å². The summed E-state index contributed by atoms with van der Waals surface area (Å²) in [6.07, 6.45) is 5.68. The molecule has 0 unspecified atom stereocenters. The smallest absolute Gasteiger partial charge is 0.306 e. The van der Waals surface area contributed by atoms with Gasteiger partial charge in [-0.2, -0.15) is 0 Å². The van der Waals surface area contributed by atoms with Crippen LogP contribution >= 0.6 is 11.3 Å². The number of para-hydroxylation sites is 2. The zero-order valence-corrected chi connectivity index (χ0v) is 23.1. The number of carbonyl (C=O) groups is 1. The number of nitrogens with one attached hydrogen (secondary N) is 1. The summed E-state index contributed by atoms with van der Waals surface area (Å²) in [6, 6.07) is 21.9. The van der Waals surface area contributed by atoms with Gasteiger partial charge in [-0.15, -0.1) is 11.3 Å². The Bertz CT molecular complexity index is 1300. The number of unbranched alkanes of at least 4 members (excludes halogenated alkanes) is 2. The van der Waals surface area contributed by atoms with Gasteiger partial charge in [-0.05, 0) is 62.6 Å². The van der Waals surface area contributed by atoms with E-state index >= 15 is 0 Å². The number of thiazole rings is 1. The van der Waals surface area contributed by atoms with Crippen LogP contribution in [0, 0.1) is 0 Å². The highest BCUT2D eigenvalue weighted by molar-refractivity contribution is 7.13. The normalized spacial score (nSPS) is 10.8. The van der Waals surface area contributed by atoms with Crippen LogP contribution < -0.4 is 14.8 Å². The Kier molecular flexibility index (Phi) is 11.3. The number of hydrogen-bond acceptors (Lipinski definition) is 8. The van der Waals surface area contributed by atoms with Crippen molar-refractivity contribution in [3.63, 3.8) is 0 Å². The standard InChI is InChI=1S/C31H35N3O4S/c1-2-36-29(35)18-17-25-23-39-31(34-25)26-14-11-20-33-30(26)38-28-16-8-7-15-27(28)37-21-10-4-9-19-32-22-24-12-5-3-6-13-24/h3,5-8,11-16,20,23,32H,2,4,9-10,17-19,21-22H2,1H3. The molecule has 0 saturated carbocycles. The van der Waals surface area contributed by atoms with Gasteiger partial charge < -0.3 is 19.5 Å².